The summed E-state index contributed by atoms with van der Waals surface area (Å²) in [5, 5.41) is 0.637. The number of allylic oxidation sites excluding steroid dienone is 2. The summed E-state index contributed by atoms with van der Waals surface area (Å²) in [6, 6.07) is 5.70. The molecule has 2 heterocycles. The molecule has 0 saturated carbocycles. The van der Waals surface area contributed by atoms with Gasteiger partial charge < -0.3 is 4.74 Å². The van der Waals surface area contributed by atoms with Crippen molar-refractivity contribution in [3.8, 4) is 5.75 Å². The van der Waals surface area contributed by atoms with Crippen LogP contribution >= 0.6 is 34.8 Å². The van der Waals surface area contributed by atoms with Crippen molar-refractivity contribution in [1.82, 2.24) is 9.47 Å². The van der Waals surface area contributed by atoms with Crippen molar-refractivity contribution in [3.63, 3.8) is 0 Å². The Labute approximate surface area is 162 Å². The number of pyridine rings is 1. The maximum atomic E-state index is 12.4. The molecule has 2 aromatic rings. The van der Waals surface area contributed by atoms with Gasteiger partial charge in [-0.2, -0.15) is 0 Å². The quantitative estimate of drug-likeness (QED) is 0.525. The minimum atomic E-state index is -4.81. The van der Waals surface area contributed by atoms with E-state index in [9.17, 15) is 13.2 Å². The smallest absolute Gasteiger partial charge is 0.404 e. The molecule has 136 valence electrons. The zero-order chi connectivity index (χ0) is 18.9. The fourth-order valence-electron chi connectivity index (χ4n) is 2.64. The van der Waals surface area contributed by atoms with Gasteiger partial charge in [0.05, 0.1) is 16.2 Å². The van der Waals surface area contributed by atoms with Crippen LogP contribution in [0.4, 0.5) is 19.0 Å². The molecular weight excluding hydrogens is 412 g/mol. The predicted molar refractivity (Wildman–Crippen MR) is 96.2 cm³/mol. The molecule has 0 amide bonds. The second-order valence-corrected chi connectivity index (χ2v) is 6.79. The van der Waals surface area contributed by atoms with Crippen molar-refractivity contribution in [2.24, 2.45) is 0 Å². The lowest BCUT2D eigenvalue weighted by atomic mass is 10.2. The molecular formula is C17H11Cl3F3N2O+. The summed E-state index contributed by atoms with van der Waals surface area (Å²) >= 11 is 18.1. The summed E-state index contributed by atoms with van der Waals surface area (Å²) < 4.78 is 41.1. The molecule has 0 N–H and O–H groups in total. The first kappa shape index (κ1) is 19.0. The van der Waals surface area contributed by atoms with Crippen LogP contribution in [0, 0.1) is 0 Å². The molecule has 3 nitrogen and oxygen atoms in total. The number of aromatic nitrogens is 1. The van der Waals surface area contributed by atoms with Crippen molar-refractivity contribution in [2.45, 2.75) is 12.9 Å². The zero-order valence-electron chi connectivity index (χ0n) is 13.0. The van der Waals surface area contributed by atoms with Gasteiger partial charge in [-0.1, -0.05) is 34.8 Å². The highest BCUT2D eigenvalue weighted by Gasteiger charge is 2.34. The van der Waals surface area contributed by atoms with Crippen LogP contribution in [0.1, 0.15) is 5.56 Å². The average molecular weight is 423 g/mol. The minimum Gasteiger partial charge on any atom is -0.404 e. The molecule has 26 heavy (non-hydrogen) atoms. The number of quaternary nitrogens is 1. The molecule has 0 fully saturated rings. The molecule has 3 rings (SSSR count). The van der Waals surface area contributed by atoms with E-state index in [1.807, 2.05) is 24.6 Å². The molecule has 0 aliphatic carbocycles. The third kappa shape index (κ3) is 4.15. The number of hydrogen-bond donors (Lipinski definition) is 0. The van der Waals surface area contributed by atoms with E-state index in [4.69, 9.17) is 34.8 Å². The van der Waals surface area contributed by atoms with E-state index in [1.54, 1.807) is 6.07 Å². The first-order valence-corrected chi connectivity index (χ1v) is 8.42. The van der Waals surface area contributed by atoms with Crippen LogP contribution in [-0.4, -0.2) is 11.3 Å². The largest absolute Gasteiger partial charge is 0.573 e. The van der Waals surface area contributed by atoms with Crippen LogP contribution in [0.5, 0.6) is 5.75 Å². The van der Waals surface area contributed by atoms with E-state index in [1.165, 1.54) is 24.4 Å². The van der Waals surface area contributed by atoms with Gasteiger partial charge >= 0.3 is 6.36 Å². The number of halogens is 6. The molecule has 9 heteroatoms. The molecule has 0 saturated heterocycles. The Bertz CT molecular complexity index is 885. The van der Waals surface area contributed by atoms with Crippen LogP contribution < -0.4 is 9.22 Å². The van der Waals surface area contributed by atoms with Crippen LogP contribution in [-0.2, 0) is 6.54 Å². The third-order valence-corrected chi connectivity index (χ3v) is 4.44. The summed E-state index contributed by atoms with van der Waals surface area (Å²) in [5.41, 5.74) is 0.675. The Morgan fingerprint density at radius 3 is 2.27 bits per heavy atom. The predicted octanol–water partition coefficient (Wildman–Crippen LogP) is 6.49. The average Bonchev–Trinajstić information content (AvgIpc) is 2.98. The van der Waals surface area contributed by atoms with Crippen LogP contribution in [0.15, 0.2) is 55.0 Å². The van der Waals surface area contributed by atoms with Gasteiger partial charge in [-0.05, 0) is 36.4 Å². The maximum absolute atomic E-state index is 12.4. The van der Waals surface area contributed by atoms with E-state index in [0.29, 0.717) is 28.0 Å². The van der Waals surface area contributed by atoms with Gasteiger partial charge in [-0.25, -0.2) is 9.47 Å². The highest BCUT2D eigenvalue weighted by Crippen LogP contribution is 2.37. The molecule has 1 aliphatic heterocycles. The van der Waals surface area contributed by atoms with Crippen LogP contribution in [0.3, 0.4) is 0 Å². The Balaban J connectivity index is 1.93. The second-order valence-electron chi connectivity index (χ2n) is 5.54. The third-order valence-electron chi connectivity index (χ3n) is 3.66. The number of alkyl halides is 3. The standard InChI is InChI=1S/C17H11Cl3F3N2O/c18-12-8-14(20)16(24-9-12)25(5-1-2-6-25)10-11-3-4-15(13(19)7-11)26-17(21,22)23/h1-9H,10H2/q+1. The first-order valence-electron chi connectivity index (χ1n) is 7.29. The summed E-state index contributed by atoms with van der Waals surface area (Å²) in [5.74, 6) is 0.0810. The van der Waals surface area contributed by atoms with Crippen molar-refractivity contribution in [2.75, 3.05) is 0 Å². The number of rotatable bonds is 4. The summed E-state index contributed by atoms with van der Waals surface area (Å²) in [7, 11) is 0. The fourth-order valence-corrected chi connectivity index (χ4v) is 3.42. The van der Waals surface area contributed by atoms with Gasteiger partial charge in [0.2, 0.25) is 0 Å². The number of benzene rings is 1. The lowest BCUT2D eigenvalue weighted by molar-refractivity contribution is -0.274. The molecule has 1 aromatic carbocycles. The van der Waals surface area contributed by atoms with Crippen molar-refractivity contribution >= 4 is 40.6 Å². The number of ether oxygens (including phenoxy) is 1. The Morgan fingerprint density at radius 1 is 1.00 bits per heavy atom. The lowest BCUT2D eigenvalue weighted by Crippen LogP contribution is -2.36. The Hall–Kier alpha value is -1.73. The van der Waals surface area contributed by atoms with E-state index < -0.39 is 12.1 Å². The second kappa shape index (κ2) is 7.12. The molecule has 0 atom stereocenters. The Kier molecular flexibility index (Phi) is 5.21. The van der Waals surface area contributed by atoms with Crippen molar-refractivity contribution < 1.29 is 17.9 Å². The summed E-state index contributed by atoms with van der Waals surface area (Å²) in [4.78, 5) is 4.32. The molecule has 0 unspecified atom stereocenters. The monoisotopic (exact) mass is 421 g/mol. The van der Waals surface area contributed by atoms with E-state index in [0.717, 1.165) is 0 Å². The van der Waals surface area contributed by atoms with Crippen LogP contribution in [0.2, 0.25) is 15.1 Å². The topological polar surface area (TPSA) is 22.1 Å². The van der Waals surface area contributed by atoms with Gasteiger partial charge in [0.1, 0.15) is 29.7 Å². The lowest BCUT2D eigenvalue weighted by Gasteiger charge is -2.28. The molecule has 0 radical (unpaired) electrons. The molecule has 0 spiro atoms. The van der Waals surface area contributed by atoms with Crippen LogP contribution in [0.25, 0.3) is 0 Å². The SMILES string of the molecule is FC(F)(F)Oc1ccc(C[N+]2(c3ncc(Cl)cc3Cl)C=CC=C2)cc1Cl. The molecule has 1 aromatic heterocycles. The fraction of sp³-hybridized carbons (Fsp3) is 0.118. The van der Waals surface area contributed by atoms with Gasteiger partial charge in [0, 0.05) is 5.56 Å². The van der Waals surface area contributed by atoms with Gasteiger partial charge in [0.25, 0.3) is 5.82 Å². The Morgan fingerprint density at radius 2 is 1.69 bits per heavy atom. The van der Waals surface area contributed by atoms with Crippen molar-refractivity contribution in [3.05, 3.63) is 75.6 Å². The molecule has 0 bridgehead atoms. The first-order chi connectivity index (χ1) is 12.2. The highest BCUT2D eigenvalue weighted by molar-refractivity contribution is 6.36. The van der Waals surface area contributed by atoms with Gasteiger partial charge in [-0.15, -0.1) is 13.2 Å². The summed E-state index contributed by atoms with van der Waals surface area (Å²) in [6.07, 6.45) is 4.05. The normalized spacial score (nSPS) is 15.5. The zero-order valence-corrected chi connectivity index (χ0v) is 15.2. The van der Waals surface area contributed by atoms with Crippen molar-refractivity contribution in [1.29, 1.82) is 0 Å². The number of hydrogen-bond acceptors (Lipinski definition) is 2. The molecule has 1 aliphatic rings. The summed E-state index contributed by atoms with van der Waals surface area (Å²) in [6.45, 7) is 0.341. The van der Waals surface area contributed by atoms with Gasteiger partial charge in [-0.3, -0.25) is 0 Å². The minimum absolute atomic E-state index is 0.139. The maximum Gasteiger partial charge on any atom is 0.573 e. The van der Waals surface area contributed by atoms with E-state index >= 15 is 0 Å². The highest BCUT2D eigenvalue weighted by atomic mass is 35.5. The van der Waals surface area contributed by atoms with E-state index in [-0.39, 0.29) is 9.51 Å². The number of nitrogens with zero attached hydrogens (tertiary/aromatic N) is 2. The van der Waals surface area contributed by atoms with E-state index in [2.05, 4.69) is 9.72 Å². The van der Waals surface area contributed by atoms with Gasteiger partial charge in [0.15, 0.2) is 0 Å².